The van der Waals surface area contributed by atoms with Crippen molar-refractivity contribution in [2.24, 2.45) is 0 Å². The molecule has 0 amide bonds. The van der Waals surface area contributed by atoms with Crippen molar-refractivity contribution in [1.82, 2.24) is 14.5 Å². The molecule has 1 aliphatic heterocycles. The summed E-state index contributed by atoms with van der Waals surface area (Å²) < 4.78 is 2.06. The number of allylic oxidation sites excluding steroid dienone is 1. The van der Waals surface area contributed by atoms with Crippen LogP contribution in [0.3, 0.4) is 0 Å². The Balaban J connectivity index is 0.00000109. The van der Waals surface area contributed by atoms with E-state index in [0.29, 0.717) is 5.49 Å². The van der Waals surface area contributed by atoms with Crippen molar-refractivity contribution in [2.45, 2.75) is 34.2 Å². The Morgan fingerprint density at radius 1 is 1.16 bits per heavy atom. The lowest BCUT2D eigenvalue weighted by atomic mass is 10.1. The van der Waals surface area contributed by atoms with E-state index >= 15 is 0 Å². The number of aromatic nitrogens is 2. The zero-order valence-electron chi connectivity index (χ0n) is 16.2. The third-order valence-corrected chi connectivity index (χ3v) is 4.48. The Hall–Kier alpha value is -2.14. The van der Waals surface area contributed by atoms with Crippen molar-refractivity contribution in [3.63, 3.8) is 0 Å². The predicted molar refractivity (Wildman–Crippen MR) is 107 cm³/mol. The molecule has 5 nitrogen and oxygen atoms in total. The topological polar surface area (TPSA) is 48.2 Å². The number of nitrogens with zero attached hydrogens (tertiary/aromatic N) is 4. The van der Waals surface area contributed by atoms with E-state index in [1.54, 1.807) is 0 Å². The van der Waals surface area contributed by atoms with E-state index < -0.39 is 0 Å². The summed E-state index contributed by atoms with van der Waals surface area (Å²) in [6, 6.07) is 6.28. The van der Waals surface area contributed by atoms with Crippen molar-refractivity contribution in [2.75, 3.05) is 38.1 Å². The van der Waals surface area contributed by atoms with E-state index in [1.165, 1.54) is 0 Å². The molecule has 0 unspecified atom stereocenters. The number of benzene rings is 1. The lowest BCUT2D eigenvalue weighted by Crippen LogP contribution is -2.47. The molecule has 136 valence electrons. The second kappa shape index (κ2) is 8.81. The maximum Gasteiger partial charge on any atom is 0.172 e. The normalized spacial score (nSPS) is 15.5. The molecule has 3 rings (SSSR count). The van der Waals surface area contributed by atoms with Crippen molar-refractivity contribution >= 4 is 22.9 Å². The summed E-state index contributed by atoms with van der Waals surface area (Å²) >= 11 is 0. The fraction of sp³-hybridized carbons (Fsp3) is 0.500. The maximum absolute atomic E-state index is 8.61. The summed E-state index contributed by atoms with van der Waals surface area (Å²) in [4.78, 5) is 9.37. The minimum absolute atomic E-state index is 0.516. The lowest BCUT2D eigenvalue weighted by Gasteiger charge is -2.33. The van der Waals surface area contributed by atoms with Gasteiger partial charge in [0.05, 0.1) is 11.0 Å². The van der Waals surface area contributed by atoms with Crippen LogP contribution in [-0.4, -0.2) is 47.7 Å². The molecule has 0 bridgehead atoms. The van der Waals surface area contributed by atoms with E-state index in [2.05, 4.69) is 52.6 Å². The number of rotatable bonds is 3. The number of likely N-dealkylation sites (N-methyl/N-ethyl adjacent to an activating group) is 1. The predicted octanol–water partition coefficient (Wildman–Crippen LogP) is 3.35. The molecule has 1 saturated heterocycles. The number of aryl methyl sites for hydroxylation is 1. The second-order valence-electron chi connectivity index (χ2n) is 6.07. The van der Waals surface area contributed by atoms with Gasteiger partial charge in [-0.3, -0.25) is 5.41 Å². The van der Waals surface area contributed by atoms with Gasteiger partial charge in [-0.1, -0.05) is 32.1 Å². The minimum atomic E-state index is 0.516. The minimum Gasteiger partial charge on any atom is -0.351 e. The van der Waals surface area contributed by atoms with Crippen LogP contribution in [0.15, 0.2) is 24.3 Å². The molecule has 0 aliphatic carbocycles. The van der Waals surface area contributed by atoms with Crippen LogP contribution in [0.2, 0.25) is 0 Å². The largest absolute Gasteiger partial charge is 0.351 e. The van der Waals surface area contributed by atoms with E-state index in [-0.39, 0.29) is 0 Å². The average molecular weight is 342 g/mol. The fourth-order valence-electron chi connectivity index (χ4n) is 3.12. The van der Waals surface area contributed by atoms with Crippen LogP contribution in [0.1, 0.15) is 33.3 Å². The Morgan fingerprint density at radius 3 is 2.44 bits per heavy atom. The van der Waals surface area contributed by atoms with Crippen LogP contribution in [0.4, 0.5) is 5.82 Å². The summed E-state index contributed by atoms with van der Waals surface area (Å²) in [6.07, 6.45) is 4.11. The summed E-state index contributed by atoms with van der Waals surface area (Å²) in [5.74, 6) is 0.811. The van der Waals surface area contributed by atoms with Gasteiger partial charge in [0, 0.05) is 32.7 Å². The highest BCUT2D eigenvalue weighted by molar-refractivity contribution is 5.79. The summed E-state index contributed by atoms with van der Waals surface area (Å²) in [7, 11) is 2.14. The Bertz CT molecular complexity index is 783. The highest BCUT2D eigenvalue weighted by Gasteiger charge is 2.18. The third-order valence-electron chi connectivity index (χ3n) is 4.48. The average Bonchev–Trinajstić information content (AvgIpc) is 2.64. The number of fused-ring (bicyclic) bond motifs is 1. The quantitative estimate of drug-likeness (QED) is 0.931. The molecule has 1 N–H and O–H groups in total. The second-order valence-corrected chi connectivity index (χ2v) is 6.07. The zero-order chi connectivity index (χ0) is 18.4. The Morgan fingerprint density at radius 2 is 1.84 bits per heavy atom. The van der Waals surface area contributed by atoms with Gasteiger partial charge in [0.25, 0.3) is 0 Å². The molecular weight excluding hydrogens is 310 g/mol. The van der Waals surface area contributed by atoms with Crippen LogP contribution < -0.4 is 10.4 Å². The van der Waals surface area contributed by atoms with E-state index in [1.807, 2.05) is 26.8 Å². The molecule has 0 saturated carbocycles. The highest BCUT2D eigenvalue weighted by Crippen LogP contribution is 2.18. The molecule has 2 aromatic rings. The van der Waals surface area contributed by atoms with Crippen LogP contribution in [-0.2, 0) is 6.54 Å². The van der Waals surface area contributed by atoms with Gasteiger partial charge in [0.15, 0.2) is 11.3 Å². The number of nitrogens with one attached hydrogen (secondary N) is 1. The standard InChI is InChI=1S/C18H25N5.C2H6/c1-4-6-14-7-8-15-16(13-14)23(5-2)17(19)18(20-15)22-11-9-21(3)10-12-22;1-2/h4,6-8,13,19H,5,9-12H2,1-3H3;1-2H3/b6-4+,19-17?;. The monoisotopic (exact) mass is 341 g/mol. The molecule has 1 fully saturated rings. The first kappa shape index (κ1) is 19.2. The molecule has 25 heavy (non-hydrogen) atoms. The summed E-state index contributed by atoms with van der Waals surface area (Å²) in [5, 5.41) is 8.61. The lowest BCUT2D eigenvalue weighted by molar-refractivity contribution is 0.311. The van der Waals surface area contributed by atoms with Gasteiger partial charge in [0.2, 0.25) is 0 Å². The van der Waals surface area contributed by atoms with Gasteiger partial charge in [-0.05, 0) is 38.6 Å². The molecule has 0 spiro atoms. The number of hydrogen-bond donors (Lipinski definition) is 1. The van der Waals surface area contributed by atoms with Crippen molar-refractivity contribution < 1.29 is 0 Å². The molecule has 0 atom stereocenters. The van der Waals surface area contributed by atoms with Crippen molar-refractivity contribution in [3.05, 3.63) is 35.3 Å². The van der Waals surface area contributed by atoms with Gasteiger partial charge in [0.1, 0.15) is 0 Å². The molecule has 1 aromatic heterocycles. The van der Waals surface area contributed by atoms with Gasteiger partial charge in [-0.15, -0.1) is 0 Å². The molecule has 1 aliphatic rings. The fourth-order valence-corrected chi connectivity index (χ4v) is 3.12. The van der Waals surface area contributed by atoms with Crippen LogP contribution in [0, 0.1) is 5.41 Å². The molecule has 2 heterocycles. The van der Waals surface area contributed by atoms with Crippen molar-refractivity contribution in [3.8, 4) is 0 Å². The smallest absolute Gasteiger partial charge is 0.172 e. The summed E-state index contributed by atoms with van der Waals surface area (Å²) in [6.45, 7) is 12.8. The number of hydrogen-bond acceptors (Lipinski definition) is 4. The first-order chi connectivity index (χ1) is 12.1. The SMILES string of the molecule is C/C=C/c1ccc2nc(N3CCN(C)CC3)c(=N)n(CC)c2c1.CC. The molecule has 1 aromatic carbocycles. The van der Waals surface area contributed by atoms with E-state index in [9.17, 15) is 0 Å². The molecule has 5 heteroatoms. The van der Waals surface area contributed by atoms with Gasteiger partial charge < -0.3 is 14.4 Å². The van der Waals surface area contributed by atoms with Gasteiger partial charge >= 0.3 is 0 Å². The number of anilines is 1. The van der Waals surface area contributed by atoms with Crippen LogP contribution >= 0.6 is 0 Å². The number of piperazine rings is 1. The van der Waals surface area contributed by atoms with E-state index in [0.717, 1.165) is 55.1 Å². The Labute approximate surface area is 151 Å². The van der Waals surface area contributed by atoms with Gasteiger partial charge in [-0.25, -0.2) is 4.98 Å². The van der Waals surface area contributed by atoms with Gasteiger partial charge in [-0.2, -0.15) is 0 Å². The molecular formula is C20H31N5. The first-order valence-corrected chi connectivity index (χ1v) is 9.29. The first-order valence-electron chi connectivity index (χ1n) is 9.29. The zero-order valence-corrected chi connectivity index (χ0v) is 16.2. The van der Waals surface area contributed by atoms with E-state index in [4.69, 9.17) is 10.4 Å². The summed E-state index contributed by atoms with van der Waals surface area (Å²) in [5.41, 5.74) is 3.66. The van der Waals surface area contributed by atoms with Crippen molar-refractivity contribution in [1.29, 1.82) is 5.41 Å². The third kappa shape index (κ3) is 4.10. The maximum atomic E-state index is 8.61. The Kier molecular flexibility index (Phi) is 6.76. The van der Waals surface area contributed by atoms with Crippen LogP contribution in [0.25, 0.3) is 17.1 Å². The molecule has 0 radical (unpaired) electrons. The highest BCUT2D eigenvalue weighted by atomic mass is 15.3. The van der Waals surface area contributed by atoms with Crippen LogP contribution in [0.5, 0.6) is 0 Å².